The van der Waals surface area contributed by atoms with Gasteiger partial charge in [-0.1, -0.05) is 96.0 Å². The minimum Gasteiger partial charge on any atom is -0.469 e. The predicted molar refractivity (Wildman–Crippen MR) is 308 cm³/mol. The maximum absolute atomic E-state index is 13.5. The fourth-order valence-electron chi connectivity index (χ4n) is 8.37. The lowest BCUT2D eigenvalue weighted by Crippen LogP contribution is -2.50. The molecule has 78 heavy (non-hydrogen) atoms. The summed E-state index contributed by atoms with van der Waals surface area (Å²) in [4.78, 5) is 116. The minimum atomic E-state index is -2.09. The lowest BCUT2D eigenvalue weighted by Gasteiger charge is -2.27. The molecule has 4 amide bonds. The number of rotatable bonds is 40. The van der Waals surface area contributed by atoms with Crippen molar-refractivity contribution in [2.24, 2.45) is 0 Å². The first kappa shape index (κ1) is 66.5. The Bertz CT molecular complexity index is 2220. The monoisotopic (exact) mass is 1140 g/mol. The van der Waals surface area contributed by atoms with Crippen LogP contribution in [-0.2, 0) is 62.1 Å². The molecule has 18 nitrogen and oxygen atoms in total. The molecule has 0 aliphatic carbocycles. The number of amides is 4. The molecule has 21 heteroatoms. The van der Waals surface area contributed by atoms with Gasteiger partial charge in [0.25, 0.3) is 0 Å². The highest BCUT2D eigenvalue weighted by molar-refractivity contribution is 8.76. The summed E-state index contributed by atoms with van der Waals surface area (Å²) in [5, 5.41) is 17.7. The van der Waals surface area contributed by atoms with E-state index in [9.17, 15) is 43.2 Å². The minimum absolute atomic E-state index is 0.0139. The third-order valence-electron chi connectivity index (χ3n) is 12.4. The Hall–Kier alpha value is -5.82. The van der Waals surface area contributed by atoms with Gasteiger partial charge in [-0.3, -0.25) is 33.6 Å². The third-order valence-corrected chi connectivity index (χ3v) is 19.3. The Balaban J connectivity index is 1.65. The number of ketones is 1. The van der Waals surface area contributed by atoms with Gasteiger partial charge in [0, 0.05) is 37.2 Å². The number of carbonyl (C=O) groups is 9. The van der Waals surface area contributed by atoms with E-state index < -0.39 is 73.7 Å². The van der Waals surface area contributed by atoms with Crippen molar-refractivity contribution < 1.29 is 62.1 Å². The quantitative estimate of drug-likeness (QED) is 0.0157. The molecule has 0 unspecified atom stereocenters. The Kier molecular flexibility index (Phi) is 33.0. The lowest BCUT2D eigenvalue weighted by atomic mass is 10.1. The number of carbonyl (C=O) groups excluding carboxylic acids is 9. The van der Waals surface area contributed by atoms with Gasteiger partial charge in [-0.15, -0.1) is 0 Å². The number of benzene rings is 3. The summed E-state index contributed by atoms with van der Waals surface area (Å²) in [6, 6.07) is 27.6. The number of methoxy groups -OCH3 is 1. The number of nitrogens with one attached hydrogen (secondary N) is 5. The Morgan fingerprint density at radius 1 is 0.500 bits per heavy atom. The summed E-state index contributed by atoms with van der Waals surface area (Å²) in [6.07, 6.45) is 4.93. The van der Waals surface area contributed by atoms with Crippen molar-refractivity contribution in [3.63, 3.8) is 0 Å². The van der Waals surface area contributed by atoms with Crippen LogP contribution in [0.25, 0.3) is 0 Å². The second-order valence-corrected chi connectivity index (χ2v) is 24.3. The normalized spacial score (nSPS) is 12.6. The molecule has 0 saturated carbocycles. The number of ether oxygens (including phenoxy) is 4. The van der Waals surface area contributed by atoms with Gasteiger partial charge in [0.15, 0.2) is 5.78 Å². The van der Waals surface area contributed by atoms with Crippen molar-refractivity contribution in [3.05, 3.63) is 91.0 Å². The van der Waals surface area contributed by atoms with Gasteiger partial charge in [-0.05, 0) is 102 Å². The summed E-state index contributed by atoms with van der Waals surface area (Å²) < 4.78 is 20.2. The molecule has 0 radical (unpaired) electrons. The zero-order valence-electron chi connectivity index (χ0n) is 45.9. The van der Waals surface area contributed by atoms with E-state index in [0.717, 1.165) is 25.4 Å². The first-order chi connectivity index (χ1) is 37.7. The highest BCUT2D eigenvalue weighted by Gasteiger charge is 2.44. The highest BCUT2D eigenvalue weighted by Crippen LogP contribution is 2.56. The average molecular weight is 1140 g/mol. The number of unbranched alkanes of at least 4 members (excludes halogenated alkanes) is 3. The van der Waals surface area contributed by atoms with E-state index >= 15 is 0 Å². The van der Waals surface area contributed by atoms with Crippen LogP contribution in [0.1, 0.15) is 111 Å². The Morgan fingerprint density at radius 3 is 1.47 bits per heavy atom. The predicted octanol–water partition coefficient (Wildman–Crippen LogP) is 5.41. The molecule has 0 fully saturated rings. The molecule has 0 saturated heterocycles. The SMILES string of the molecule is CCCCCC(=O)N[C@@H](CCC(=O)N[C@@H](CSSC[C@H](NCCC[C@H](NC(=O)CCCC[P+](c1ccccc1)(c1ccccc1)c1ccccc1)C(=O)OCC)C(=O)CCC(=O)OC)C(=O)NCC(=O)OCC)C(=O)OCC. The number of esters is 4. The molecule has 3 aromatic carbocycles. The van der Waals surface area contributed by atoms with Gasteiger partial charge < -0.3 is 45.5 Å². The molecule has 0 aliphatic rings. The van der Waals surface area contributed by atoms with Crippen molar-refractivity contribution in [3.8, 4) is 0 Å². The number of Topliss-reactive ketones (excluding diaryl/α,β-unsaturated/α-hetero) is 1. The summed E-state index contributed by atoms with van der Waals surface area (Å²) in [7, 11) is 1.54. The van der Waals surface area contributed by atoms with Gasteiger partial charge in [-0.2, -0.15) is 0 Å². The van der Waals surface area contributed by atoms with Crippen molar-refractivity contribution >= 4 is 98.1 Å². The first-order valence-corrected chi connectivity index (χ1v) is 31.5. The fourth-order valence-corrected chi connectivity index (χ4v) is 15.2. The molecule has 0 aliphatic heterocycles. The van der Waals surface area contributed by atoms with Crippen LogP contribution in [0.4, 0.5) is 0 Å². The molecular formula is C57H81N5O13PS2+. The van der Waals surface area contributed by atoms with E-state index in [1.807, 2.05) is 25.1 Å². The van der Waals surface area contributed by atoms with Crippen LogP contribution in [0.5, 0.6) is 0 Å². The Labute approximate surface area is 468 Å². The van der Waals surface area contributed by atoms with Crippen LogP contribution >= 0.6 is 28.9 Å². The van der Waals surface area contributed by atoms with E-state index in [1.54, 1.807) is 20.8 Å². The number of hydrogen-bond donors (Lipinski definition) is 5. The van der Waals surface area contributed by atoms with Crippen molar-refractivity contribution in [1.29, 1.82) is 0 Å². The smallest absolute Gasteiger partial charge is 0.328 e. The largest absolute Gasteiger partial charge is 0.469 e. The fraction of sp³-hybridized carbons (Fsp3) is 0.526. The van der Waals surface area contributed by atoms with Gasteiger partial charge in [0.05, 0.1) is 45.6 Å². The van der Waals surface area contributed by atoms with Crippen LogP contribution in [-0.4, -0.2) is 135 Å². The zero-order chi connectivity index (χ0) is 57.0. The summed E-state index contributed by atoms with van der Waals surface area (Å²) >= 11 is 0. The molecule has 5 N–H and O–H groups in total. The highest BCUT2D eigenvalue weighted by atomic mass is 33.1. The van der Waals surface area contributed by atoms with E-state index in [-0.39, 0.29) is 100 Å². The number of hydrogen-bond acceptors (Lipinski definition) is 16. The third kappa shape index (κ3) is 24.5. The van der Waals surface area contributed by atoms with Crippen molar-refractivity contribution in [1.82, 2.24) is 26.6 Å². The van der Waals surface area contributed by atoms with Gasteiger partial charge in [0.2, 0.25) is 23.6 Å². The summed E-state index contributed by atoms with van der Waals surface area (Å²) in [6.45, 7) is 7.02. The van der Waals surface area contributed by atoms with Crippen LogP contribution < -0.4 is 42.5 Å². The second kappa shape index (κ2) is 38.7. The lowest BCUT2D eigenvalue weighted by molar-refractivity contribution is -0.148. The van der Waals surface area contributed by atoms with Gasteiger partial charge in [0.1, 0.15) is 47.8 Å². The molecular weight excluding hydrogens is 1060 g/mol. The molecule has 0 heterocycles. The van der Waals surface area contributed by atoms with E-state index in [0.29, 0.717) is 19.3 Å². The maximum Gasteiger partial charge on any atom is 0.328 e. The zero-order valence-corrected chi connectivity index (χ0v) is 48.4. The molecule has 3 aromatic rings. The summed E-state index contributed by atoms with van der Waals surface area (Å²) in [5.41, 5.74) is 0. The van der Waals surface area contributed by atoms with Crippen LogP contribution in [0.2, 0.25) is 0 Å². The van der Waals surface area contributed by atoms with Crippen LogP contribution in [0.15, 0.2) is 91.0 Å². The molecule has 0 spiro atoms. The van der Waals surface area contributed by atoms with Gasteiger partial charge >= 0.3 is 23.9 Å². The van der Waals surface area contributed by atoms with Crippen molar-refractivity contribution in [2.75, 3.05) is 57.7 Å². The maximum atomic E-state index is 13.5. The second-order valence-electron chi connectivity index (χ2n) is 18.1. The standard InChI is InChI=1S/C57H80N5O13PS2/c1-6-10-14-31-50(64)61-46(57(71)75-9-4)33-35-52(66)62-48(55(69)59-39-54(68)73-7-2)41-78-77-40-47(49(63)34-36-53(67)72-5)58-37-23-30-45(56(70)74-8-3)60-51(65)32-21-22-38-76(42-24-15-11-16-25-42,43-26-17-12-18-27-43)44-28-19-13-20-29-44/h11-13,15-20,24-29,45-48,58H,6-10,14,21-23,30-41H2,1-5H3,(H3-,59,60,61,62,64,65,66,69)/p+1/t45-,46-,47-,48-/m0/s1. The molecule has 0 bridgehead atoms. The first-order valence-electron chi connectivity index (χ1n) is 27.0. The molecule has 4 atom stereocenters. The Morgan fingerprint density at radius 2 is 0.974 bits per heavy atom. The van der Waals surface area contributed by atoms with E-state index in [4.69, 9.17) is 18.9 Å². The molecule has 428 valence electrons. The van der Waals surface area contributed by atoms with Crippen molar-refractivity contribution in [2.45, 2.75) is 135 Å². The molecule has 3 rings (SSSR count). The topological polar surface area (TPSA) is 251 Å². The van der Waals surface area contributed by atoms with E-state index in [2.05, 4.69) is 99.4 Å². The van der Waals surface area contributed by atoms with E-state index in [1.165, 1.54) is 44.6 Å². The summed E-state index contributed by atoms with van der Waals surface area (Å²) in [5.74, 6) is -4.54. The van der Waals surface area contributed by atoms with Crippen LogP contribution in [0, 0.1) is 0 Å². The van der Waals surface area contributed by atoms with Crippen LogP contribution in [0.3, 0.4) is 0 Å². The molecule has 0 aromatic heterocycles. The van der Waals surface area contributed by atoms with Gasteiger partial charge in [-0.25, -0.2) is 9.59 Å². The average Bonchev–Trinajstić information content (AvgIpc) is 3.47.